The smallest absolute Gasteiger partial charge is 0.142 e. The quantitative estimate of drug-likeness (QED) is 0.663. The maximum Gasteiger partial charge on any atom is 0.142 e. The molecule has 4 heteroatoms. The molecular weight excluding hydrogens is 238 g/mol. The van der Waals surface area contributed by atoms with Crippen LogP contribution < -0.4 is 0 Å². The van der Waals surface area contributed by atoms with Crippen LogP contribution >= 0.6 is 11.6 Å². The fourth-order valence-corrected chi connectivity index (χ4v) is 1.43. The van der Waals surface area contributed by atoms with Crippen molar-refractivity contribution < 1.29 is 9.94 Å². The fraction of sp³-hybridized carbons (Fsp3) is 0.462. The zero-order valence-electron chi connectivity index (χ0n) is 10.4. The van der Waals surface area contributed by atoms with E-state index in [1.807, 2.05) is 45.0 Å². The molecule has 1 aromatic rings. The number of rotatable bonds is 4. The summed E-state index contributed by atoms with van der Waals surface area (Å²) in [6.45, 7) is 6.18. The molecule has 0 heterocycles. The van der Waals surface area contributed by atoms with Crippen molar-refractivity contribution in [1.82, 2.24) is 0 Å². The largest absolute Gasteiger partial charge is 0.391 e. The Bertz CT molecular complexity index is 397. The molecule has 0 saturated carbocycles. The van der Waals surface area contributed by atoms with E-state index in [0.29, 0.717) is 17.3 Å². The van der Waals surface area contributed by atoms with Crippen LogP contribution in [0, 0.1) is 5.41 Å². The van der Waals surface area contributed by atoms with Crippen molar-refractivity contribution in [1.29, 1.82) is 0 Å². The van der Waals surface area contributed by atoms with E-state index in [9.17, 15) is 5.11 Å². The van der Waals surface area contributed by atoms with E-state index in [2.05, 4.69) is 5.16 Å². The topological polar surface area (TPSA) is 41.8 Å². The number of benzene rings is 1. The third kappa shape index (κ3) is 4.75. The second-order valence-corrected chi connectivity index (χ2v) is 5.29. The summed E-state index contributed by atoms with van der Waals surface area (Å²) >= 11 is 5.85. The van der Waals surface area contributed by atoms with Crippen LogP contribution in [-0.4, -0.2) is 17.4 Å². The highest BCUT2D eigenvalue weighted by Crippen LogP contribution is 2.16. The second-order valence-electron chi connectivity index (χ2n) is 4.85. The Hall–Kier alpha value is -1.06. The van der Waals surface area contributed by atoms with Crippen molar-refractivity contribution in [3.05, 3.63) is 34.9 Å². The van der Waals surface area contributed by atoms with Gasteiger partial charge in [0, 0.05) is 10.4 Å². The standard InChI is InChI=1S/C13H18ClNO2/c1-13(2,3)12(8-16)15-17-9-10-5-4-6-11(14)7-10/h4-7,16H,8-9H2,1-3H3/b15-12+. The minimum atomic E-state index is -0.191. The first-order chi connectivity index (χ1) is 7.93. The molecule has 0 spiro atoms. The highest BCUT2D eigenvalue weighted by Gasteiger charge is 2.18. The predicted octanol–water partition coefficient (Wildman–Crippen LogP) is 3.25. The van der Waals surface area contributed by atoms with E-state index in [4.69, 9.17) is 16.4 Å². The first-order valence-electron chi connectivity index (χ1n) is 5.48. The van der Waals surface area contributed by atoms with Gasteiger partial charge in [0.15, 0.2) is 0 Å². The lowest BCUT2D eigenvalue weighted by molar-refractivity contribution is 0.125. The second kappa shape index (κ2) is 6.03. The Kier molecular flexibility index (Phi) is 4.97. The summed E-state index contributed by atoms with van der Waals surface area (Å²) in [7, 11) is 0. The SMILES string of the molecule is CC(C)(C)/C(CO)=N/OCc1cccc(Cl)c1. The van der Waals surface area contributed by atoms with Crippen LogP contribution in [-0.2, 0) is 11.4 Å². The Morgan fingerprint density at radius 2 is 2.12 bits per heavy atom. The van der Waals surface area contributed by atoms with E-state index < -0.39 is 0 Å². The lowest BCUT2D eigenvalue weighted by Gasteiger charge is -2.18. The monoisotopic (exact) mass is 255 g/mol. The van der Waals surface area contributed by atoms with Gasteiger partial charge in [-0.15, -0.1) is 0 Å². The van der Waals surface area contributed by atoms with Gasteiger partial charge in [0.25, 0.3) is 0 Å². The number of aliphatic hydroxyl groups excluding tert-OH is 1. The Morgan fingerprint density at radius 3 is 2.65 bits per heavy atom. The average Bonchev–Trinajstić information content (AvgIpc) is 2.22. The molecule has 0 fully saturated rings. The van der Waals surface area contributed by atoms with Crippen molar-refractivity contribution in [2.75, 3.05) is 6.61 Å². The zero-order chi connectivity index (χ0) is 12.9. The number of aliphatic hydroxyl groups is 1. The summed E-state index contributed by atoms with van der Waals surface area (Å²) < 4.78 is 0. The maximum absolute atomic E-state index is 9.17. The number of nitrogens with zero attached hydrogens (tertiary/aromatic N) is 1. The van der Waals surface area contributed by atoms with Crippen LogP contribution in [0.5, 0.6) is 0 Å². The van der Waals surface area contributed by atoms with Crippen molar-refractivity contribution in [2.45, 2.75) is 27.4 Å². The van der Waals surface area contributed by atoms with Gasteiger partial charge in [0.1, 0.15) is 6.61 Å². The number of halogens is 1. The molecule has 3 nitrogen and oxygen atoms in total. The van der Waals surface area contributed by atoms with Crippen molar-refractivity contribution in [2.24, 2.45) is 10.6 Å². The molecule has 0 aliphatic carbocycles. The molecular formula is C13H18ClNO2. The Balaban J connectivity index is 2.59. The molecule has 0 radical (unpaired) electrons. The van der Waals surface area contributed by atoms with Gasteiger partial charge in [-0.1, -0.05) is 49.7 Å². The first-order valence-corrected chi connectivity index (χ1v) is 5.86. The molecule has 0 aliphatic rings. The summed E-state index contributed by atoms with van der Waals surface area (Å²) in [5.74, 6) is 0. The van der Waals surface area contributed by atoms with E-state index in [1.54, 1.807) is 0 Å². The van der Waals surface area contributed by atoms with Gasteiger partial charge < -0.3 is 9.94 Å². The average molecular weight is 256 g/mol. The van der Waals surface area contributed by atoms with Crippen LogP contribution in [0.1, 0.15) is 26.3 Å². The minimum Gasteiger partial charge on any atom is -0.391 e. The lowest BCUT2D eigenvalue weighted by atomic mass is 9.91. The third-order valence-corrected chi connectivity index (χ3v) is 2.55. The molecule has 0 unspecified atom stereocenters. The molecule has 0 aromatic heterocycles. The van der Waals surface area contributed by atoms with Gasteiger partial charge in [0.2, 0.25) is 0 Å². The molecule has 0 atom stereocenters. The van der Waals surface area contributed by atoms with Gasteiger partial charge in [-0.25, -0.2) is 0 Å². The Labute approximate surface area is 107 Å². The van der Waals surface area contributed by atoms with Crippen LogP contribution in [0.25, 0.3) is 0 Å². The van der Waals surface area contributed by atoms with E-state index >= 15 is 0 Å². The van der Waals surface area contributed by atoms with Crippen LogP contribution in [0.3, 0.4) is 0 Å². The van der Waals surface area contributed by atoms with Crippen LogP contribution in [0.15, 0.2) is 29.4 Å². The summed E-state index contributed by atoms with van der Waals surface area (Å²) in [5.41, 5.74) is 1.38. The minimum absolute atomic E-state index is 0.0982. The van der Waals surface area contributed by atoms with Gasteiger partial charge in [-0.2, -0.15) is 0 Å². The summed E-state index contributed by atoms with van der Waals surface area (Å²) in [6.07, 6.45) is 0. The molecule has 0 saturated heterocycles. The van der Waals surface area contributed by atoms with Crippen LogP contribution in [0.4, 0.5) is 0 Å². The lowest BCUT2D eigenvalue weighted by Crippen LogP contribution is -2.24. The molecule has 1 aromatic carbocycles. The molecule has 17 heavy (non-hydrogen) atoms. The highest BCUT2D eigenvalue weighted by molar-refractivity contribution is 6.30. The highest BCUT2D eigenvalue weighted by atomic mass is 35.5. The van der Waals surface area contributed by atoms with Crippen molar-refractivity contribution in [3.63, 3.8) is 0 Å². The van der Waals surface area contributed by atoms with Gasteiger partial charge in [-0.05, 0) is 17.7 Å². The van der Waals surface area contributed by atoms with Crippen molar-refractivity contribution >= 4 is 17.3 Å². The first kappa shape index (κ1) is 14.0. The van der Waals surface area contributed by atoms with E-state index in [1.165, 1.54) is 0 Å². The predicted molar refractivity (Wildman–Crippen MR) is 70.2 cm³/mol. The summed E-state index contributed by atoms with van der Waals surface area (Å²) in [4.78, 5) is 5.22. The van der Waals surface area contributed by atoms with Gasteiger partial charge >= 0.3 is 0 Å². The maximum atomic E-state index is 9.17. The van der Waals surface area contributed by atoms with Crippen LogP contribution in [0.2, 0.25) is 5.02 Å². The van der Waals surface area contributed by atoms with Crippen molar-refractivity contribution in [3.8, 4) is 0 Å². The fourth-order valence-electron chi connectivity index (χ4n) is 1.21. The third-order valence-electron chi connectivity index (χ3n) is 2.31. The molecule has 1 N–H and O–H groups in total. The molecule has 0 bridgehead atoms. The summed E-state index contributed by atoms with van der Waals surface area (Å²) in [6, 6.07) is 7.41. The number of hydrogen-bond acceptors (Lipinski definition) is 3. The zero-order valence-corrected chi connectivity index (χ0v) is 11.2. The van der Waals surface area contributed by atoms with E-state index in [0.717, 1.165) is 5.56 Å². The van der Waals surface area contributed by atoms with Gasteiger partial charge in [0.05, 0.1) is 12.3 Å². The number of hydrogen-bond donors (Lipinski definition) is 1. The number of oxime groups is 1. The Morgan fingerprint density at radius 1 is 1.41 bits per heavy atom. The molecule has 0 amide bonds. The molecule has 1 rings (SSSR count). The van der Waals surface area contributed by atoms with E-state index in [-0.39, 0.29) is 12.0 Å². The molecule has 94 valence electrons. The summed E-state index contributed by atoms with van der Waals surface area (Å²) in [5, 5.41) is 13.8. The van der Waals surface area contributed by atoms with Gasteiger partial charge in [-0.3, -0.25) is 0 Å². The normalized spacial score (nSPS) is 12.6. The molecule has 0 aliphatic heterocycles.